The van der Waals surface area contributed by atoms with Crippen molar-refractivity contribution in [2.24, 2.45) is 11.8 Å². The van der Waals surface area contributed by atoms with Gasteiger partial charge in [0, 0.05) is 39.1 Å². The first kappa shape index (κ1) is 15.3. The molecule has 2 saturated carbocycles. The van der Waals surface area contributed by atoms with Crippen LogP contribution in [-0.2, 0) is 4.79 Å². The SMILES string of the molecule is O=C(CC1CCCCC1)N1CCN(C[C@@H](O)C2CC2)CC1. The van der Waals surface area contributed by atoms with Gasteiger partial charge in [-0.05, 0) is 37.5 Å². The van der Waals surface area contributed by atoms with Crippen molar-refractivity contribution in [1.82, 2.24) is 9.80 Å². The number of hydrogen-bond acceptors (Lipinski definition) is 3. The van der Waals surface area contributed by atoms with Crippen molar-refractivity contribution in [2.75, 3.05) is 32.7 Å². The van der Waals surface area contributed by atoms with Gasteiger partial charge in [0.1, 0.15) is 0 Å². The summed E-state index contributed by atoms with van der Waals surface area (Å²) in [6, 6.07) is 0. The van der Waals surface area contributed by atoms with E-state index >= 15 is 0 Å². The second-order valence-corrected chi connectivity index (χ2v) is 7.29. The second-order valence-electron chi connectivity index (χ2n) is 7.29. The van der Waals surface area contributed by atoms with Crippen molar-refractivity contribution < 1.29 is 9.90 Å². The zero-order valence-electron chi connectivity index (χ0n) is 13.2. The Morgan fingerprint density at radius 1 is 1.00 bits per heavy atom. The lowest BCUT2D eigenvalue weighted by Crippen LogP contribution is -2.50. The van der Waals surface area contributed by atoms with Crippen LogP contribution in [-0.4, -0.2) is 59.6 Å². The molecule has 1 saturated heterocycles. The summed E-state index contributed by atoms with van der Waals surface area (Å²) in [6.45, 7) is 4.36. The maximum absolute atomic E-state index is 12.4. The van der Waals surface area contributed by atoms with Crippen LogP contribution >= 0.6 is 0 Å². The fourth-order valence-corrected chi connectivity index (χ4v) is 3.84. The van der Waals surface area contributed by atoms with Gasteiger partial charge in [0.15, 0.2) is 0 Å². The molecule has 1 N–H and O–H groups in total. The van der Waals surface area contributed by atoms with Crippen LogP contribution < -0.4 is 0 Å². The zero-order valence-corrected chi connectivity index (χ0v) is 13.2. The zero-order chi connectivity index (χ0) is 14.7. The van der Waals surface area contributed by atoms with Gasteiger partial charge in [0.2, 0.25) is 5.91 Å². The molecule has 0 unspecified atom stereocenters. The number of nitrogens with zero attached hydrogens (tertiary/aromatic N) is 2. The van der Waals surface area contributed by atoms with Crippen LogP contribution in [0.25, 0.3) is 0 Å². The summed E-state index contributed by atoms with van der Waals surface area (Å²) in [6.07, 6.45) is 9.49. The molecule has 120 valence electrons. The lowest BCUT2D eigenvalue weighted by atomic mass is 9.86. The number of amides is 1. The Bertz CT molecular complexity index is 343. The normalized spacial score (nSPS) is 26.8. The van der Waals surface area contributed by atoms with Gasteiger partial charge in [-0.25, -0.2) is 0 Å². The third-order valence-corrected chi connectivity index (χ3v) is 5.52. The number of aliphatic hydroxyl groups is 1. The fraction of sp³-hybridized carbons (Fsp3) is 0.941. The quantitative estimate of drug-likeness (QED) is 0.842. The average molecular weight is 294 g/mol. The topological polar surface area (TPSA) is 43.8 Å². The largest absolute Gasteiger partial charge is 0.392 e. The van der Waals surface area contributed by atoms with Gasteiger partial charge in [-0.3, -0.25) is 9.69 Å². The first-order valence-electron chi connectivity index (χ1n) is 8.90. The van der Waals surface area contributed by atoms with Crippen molar-refractivity contribution in [3.05, 3.63) is 0 Å². The maximum atomic E-state index is 12.4. The molecule has 3 rings (SSSR count). The van der Waals surface area contributed by atoms with Gasteiger partial charge in [0.25, 0.3) is 0 Å². The molecule has 4 heteroatoms. The number of carbonyl (C=O) groups is 1. The van der Waals surface area contributed by atoms with E-state index in [4.69, 9.17) is 0 Å². The number of aliphatic hydroxyl groups excluding tert-OH is 1. The van der Waals surface area contributed by atoms with Crippen LogP contribution in [0.4, 0.5) is 0 Å². The first-order chi connectivity index (χ1) is 10.2. The monoisotopic (exact) mass is 294 g/mol. The molecule has 0 aromatic rings. The highest BCUT2D eigenvalue weighted by atomic mass is 16.3. The van der Waals surface area contributed by atoms with Crippen molar-refractivity contribution in [1.29, 1.82) is 0 Å². The van der Waals surface area contributed by atoms with Gasteiger partial charge in [0.05, 0.1) is 6.10 Å². The lowest BCUT2D eigenvalue weighted by molar-refractivity contribution is -0.134. The molecule has 1 aliphatic heterocycles. The standard InChI is InChI=1S/C17H30N2O2/c20-16(15-6-7-15)13-18-8-10-19(11-9-18)17(21)12-14-4-2-1-3-5-14/h14-16,20H,1-13H2/t16-/m1/s1. The highest BCUT2D eigenvalue weighted by molar-refractivity contribution is 5.76. The van der Waals surface area contributed by atoms with Gasteiger partial charge in [-0.2, -0.15) is 0 Å². The van der Waals surface area contributed by atoms with Gasteiger partial charge >= 0.3 is 0 Å². The predicted octanol–water partition coefficient (Wildman–Crippen LogP) is 1.87. The van der Waals surface area contributed by atoms with Gasteiger partial charge < -0.3 is 10.0 Å². The Hall–Kier alpha value is -0.610. The van der Waals surface area contributed by atoms with E-state index in [9.17, 15) is 9.90 Å². The second kappa shape index (κ2) is 7.10. The number of carbonyl (C=O) groups excluding carboxylic acids is 1. The molecule has 1 atom stereocenters. The summed E-state index contributed by atoms with van der Waals surface area (Å²) < 4.78 is 0. The predicted molar refractivity (Wildman–Crippen MR) is 82.9 cm³/mol. The molecule has 4 nitrogen and oxygen atoms in total. The summed E-state index contributed by atoms with van der Waals surface area (Å²) in [4.78, 5) is 16.7. The Morgan fingerprint density at radius 2 is 1.67 bits per heavy atom. The van der Waals surface area contributed by atoms with E-state index in [0.717, 1.165) is 39.1 Å². The molecule has 0 spiro atoms. The minimum atomic E-state index is -0.144. The summed E-state index contributed by atoms with van der Waals surface area (Å²) in [5.41, 5.74) is 0. The van der Waals surface area contributed by atoms with Crippen LogP contribution in [0.15, 0.2) is 0 Å². The van der Waals surface area contributed by atoms with Crippen molar-refractivity contribution in [3.8, 4) is 0 Å². The van der Waals surface area contributed by atoms with Crippen LogP contribution in [0.1, 0.15) is 51.4 Å². The molecular formula is C17H30N2O2. The molecule has 1 heterocycles. The molecule has 0 radical (unpaired) electrons. The van der Waals surface area contributed by atoms with Crippen molar-refractivity contribution >= 4 is 5.91 Å². The van der Waals surface area contributed by atoms with E-state index in [1.54, 1.807) is 0 Å². The number of β-amino-alcohol motifs (C(OH)–C–C–N with tert-alkyl or cyclic N) is 1. The number of hydrogen-bond donors (Lipinski definition) is 1. The lowest BCUT2D eigenvalue weighted by Gasteiger charge is -2.36. The Labute approximate surface area is 128 Å². The Kier molecular flexibility index (Phi) is 5.17. The minimum Gasteiger partial charge on any atom is -0.392 e. The molecule has 1 amide bonds. The third kappa shape index (κ3) is 4.43. The minimum absolute atomic E-state index is 0.144. The Morgan fingerprint density at radius 3 is 2.29 bits per heavy atom. The summed E-state index contributed by atoms with van der Waals surface area (Å²) in [5.74, 6) is 1.56. The summed E-state index contributed by atoms with van der Waals surface area (Å²) >= 11 is 0. The van der Waals surface area contributed by atoms with E-state index in [0.29, 0.717) is 17.7 Å². The van der Waals surface area contributed by atoms with E-state index in [1.165, 1.54) is 44.9 Å². The molecular weight excluding hydrogens is 264 g/mol. The highest BCUT2D eigenvalue weighted by Crippen LogP contribution is 2.33. The number of rotatable bonds is 5. The molecule has 0 aromatic carbocycles. The van der Waals surface area contributed by atoms with E-state index < -0.39 is 0 Å². The molecule has 0 aromatic heterocycles. The molecule has 3 aliphatic rings. The molecule has 0 bridgehead atoms. The molecule has 3 fully saturated rings. The average Bonchev–Trinajstić information content (AvgIpc) is 3.33. The van der Waals surface area contributed by atoms with Crippen molar-refractivity contribution in [3.63, 3.8) is 0 Å². The smallest absolute Gasteiger partial charge is 0.222 e. The molecule has 21 heavy (non-hydrogen) atoms. The van der Waals surface area contributed by atoms with Crippen LogP contribution in [0.5, 0.6) is 0 Å². The Balaban J connectivity index is 1.37. The first-order valence-corrected chi connectivity index (χ1v) is 8.90. The van der Waals surface area contributed by atoms with E-state index in [-0.39, 0.29) is 6.10 Å². The van der Waals surface area contributed by atoms with Crippen LogP contribution in [0, 0.1) is 11.8 Å². The maximum Gasteiger partial charge on any atom is 0.222 e. The van der Waals surface area contributed by atoms with Crippen LogP contribution in [0.3, 0.4) is 0 Å². The van der Waals surface area contributed by atoms with E-state index in [2.05, 4.69) is 9.80 Å². The van der Waals surface area contributed by atoms with Crippen molar-refractivity contribution in [2.45, 2.75) is 57.5 Å². The van der Waals surface area contributed by atoms with Crippen LogP contribution in [0.2, 0.25) is 0 Å². The highest BCUT2D eigenvalue weighted by Gasteiger charge is 2.32. The molecule has 2 aliphatic carbocycles. The number of piperazine rings is 1. The third-order valence-electron chi connectivity index (χ3n) is 5.52. The summed E-state index contributed by atoms with van der Waals surface area (Å²) in [7, 11) is 0. The van der Waals surface area contributed by atoms with Gasteiger partial charge in [-0.1, -0.05) is 19.3 Å². The summed E-state index contributed by atoms with van der Waals surface area (Å²) in [5, 5.41) is 10.0. The fourth-order valence-electron chi connectivity index (χ4n) is 3.84. The van der Waals surface area contributed by atoms with E-state index in [1.807, 2.05) is 0 Å². The van der Waals surface area contributed by atoms with Gasteiger partial charge in [-0.15, -0.1) is 0 Å².